The van der Waals surface area contributed by atoms with Gasteiger partial charge in [-0.3, -0.25) is 14.5 Å². The second-order valence-electron chi connectivity index (χ2n) is 5.33. The van der Waals surface area contributed by atoms with E-state index in [0.717, 1.165) is 22.6 Å². The lowest BCUT2D eigenvalue weighted by Crippen LogP contribution is -2.22. The van der Waals surface area contributed by atoms with Gasteiger partial charge in [-0.15, -0.1) is 0 Å². The van der Waals surface area contributed by atoms with Gasteiger partial charge in [0.25, 0.3) is 5.91 Å². The minimum atomic E-state index is -0.136. The van der Waals surface area contributed by atoms with Crippen LogP contribution in [0.4, 0.5) is 0 Å². The lowest BCUT2D eigenvalue weighted by molar-refractivity contribution is 0.0951. The molecule has 0 aliphatic rings. The van der Waals surface area contributed by atoms with E-state index in [1.165, 1.54) is 0 Å². The highest BCUT2D eigenvalue weighted by Crippen LogP contribution is 2.18. The molecule has 0 bridgehead atoms. The maximum absolute atomic E-state index is 12.2. The van der Waals surface area contributed by atoms with Crippen molar-refractivity contribution in [2.24, 2.45) is 7.05 Å². The molecule has 0 radical (unpaired) electrons. The second kappa shape index (κ2) is 6.95. The van der Waals surface area contributed by atoms with E-state index in [-0.39, 0.29) is 5.91 Å². The molecule has 3 aromatic rings. The average molecular weight is 322 g/mol. The number of hydrogen-bond acceptors (Lipinski definition) is 4. The van der Waals surface area contributed by atoms with E-state index in [0.29, 0.717) is 12.1 Å². The summed E-state index contributed by atoms with van der Waals surface area (Å²) < 4.78 is 6.88. The Morgan fingerprint density at radius 1 is 1.21 bits per heavy atom. The van der Waals surface area contributed by atoms with Crippen LogP contribution in [-0.2, 0) is 13.6 Å². The number of hydrogen-bond donors (Lipinski definition) is 1. The third kappa shape index (κ3) is 3.43. The predicted octanol–water partition coefficient (Wildman–Crippen LogP) is 2.42. The van der Waals surface area contributed by atoms with E-state index in [4.69, 9.17) is 4.74 Å². The lowest BCUT2D eigenvalue weighted by Gasteiger charge is -2.08. The normalized spacial score (nSPS) is 10.4. The molecule has 6 heteroatoms. The first-order chi connectivity index (χ1) is 11.7. The van der Waals surface area contributed by atoms with Gasteiger partial charge in [-0.25, -0.2) is 0 Å². The zero-order chi connectivity index (χ0) is 16.9. The molecule has 2 heterocycles. The number of rotatable bonds is 5. The van der Waals surface area contributed by atoms with E-state index in [1.54, 1.807) is 54.6 Å². The van der Waals surface area contributed by atoms with Crippen LogP contribution in [0.25, 0.3) is 11.3 Å². The molecule has 1 aromatic carbocycles. The summed E-state index contributed by atoms with van der Waals surface area (Å²) in [6.07, 6.45) is 5.27. The molecule has 2 aromatic heterocycles. The molecule has 0 atom stereocenters. The SMILES string of the molecule is COc1ccc(C(=O)NCc2cncc(-c3ccnn3C)c2)cc1. The molecule has 0 unspecified atom stereocenters. The summed E-state index contributed by atoms with van der Waals surface area (Å²) in [5.41, 5.74) is 3.46. The number of benzene rings is 1. The van der Waals surface area contributed by atoms with Crippen LogP contribution in [0.1, 0.15) is 15.9 Å². The van der Waals surface area contributed by atoms with E-state index in [9.17, 15) is 4.79 Å². The van der Waals surface area contributed by atoms with Crippen molar-refractivity contribution in [1.82, 2.24) is 20.1 Å². The average Bonchev–Trinajstić information content (AvgIpc) is 3.06. The van der Waals surface area contributed by atoms with Gasteiger partial charge in [0, 0.05) is 43.3 Å². The standard InChI is InChI=1S/C18H18N4O2/c1-22-17(7-8-21-22)15-9-13(10-19-12-15)11-20-18(23)14-3-5-16(24-2)6-4-14/h3-10,12H,11H2,1-2H3,(H,20,23). The highest BCUT2D eigenvalue weighted by Gasteiger charge is 2.07. The number of pyridine rings is 1. The van der Waals surface area contributed by atoms with Crippen LogP contribution in [-0.4, -0.2) is 27.8 Å². The Balaban J connectivity index is 1.68. The number of carbonyl (C=O) groups is 1. The highest BCUT2D eigenvalue weighted by atomic mass is 16.5. The summed E-state index contributed by atoms with van der Waals surface area (Å²) in [7, 11) is 3.48. The van der Waals surface area contributed by atoms with Crippen molar-refractivity contribution in [3.8, 4) is 17.0 Å². The Morgan fingerprint density at radius 2 is 2.00 bits per heavy atom. The Morgan fingerprint density at radius 3 is 2.67 bits per heavy atom. The summed E-state index contributed by atoms with van der Waals surface area (Å²) in [5, 5.41) is 7.06. The van der Waals surface area contributed by atoms with E-state index < -0.39 is 0 Å². The number of nitrogens with zero attached hydrogens (tertiary/aromatic N) is 3. The van der Waals surface area contributed by atoms with E-state index in [1.807, 2.05) is 19.2 Å². The first-order valence-electron chi connectivity index (χ1n) is 7.52. The largest absolute Gasteiger partial charge is 0.497 e. The van der Waals surface area contributed by atoms with Crippen molar-refractivity contribution in [2.45, 2.75) is 6.54 Å². The fraction of sp³-hybridized carbons (Fsp3) is 0.167. The number of carbonyl (C=O) groups excluding carboxylic acids is 1. The van der Waals surface area contributed by atoms with Gasteiger partial charge in [0.15, 0.2) is 0 Å². The van der Waals surface area contributed by atoms with Gasteiger partial charge in [0.2, 0.25) is 0 Å². The van der Waals surface area contributed by atoms with E-state index in [2.05, 4.69) is 15.4 Å². The van der Waals surface area contributed by atoms with Crippen LogP contribution >= 0.6 is 0 Å². The number of amides is 1. The molecule has 0 fully saturated rings. The monoisotopic (exact) mass is 322 g/mol. The molecule has 0 aliphatic heterocycles. The van der Waals surface area contributed by atoms with E-state index >= 15 is 0 Å². The molecular weight excluding hydrogens is 304 g/mol. The van der Waals surface area contributed by atoms with Gasteiger partial charge in [-0.1, -0.05) is 0 Å². The van der Waals surface area contributed by atoms with Crippen molar-refractivity contribution in [2.75, 3.05) is 7.11 Å². The highest BCUT2D eigenvalue weighted by molar-refractivity contribution is 5.94. The molecule has 0 spiro atoms. The molecule has 0 saturated heterocycles. The molecule has 1 amide bonds. The fourth-order valence-electron chi connectivity index (χ4n) is 2.41. The fourth-order valence-corrected chi connectivity index (χ4v) is 2.41. The zero-order valence-corrected chi connectivity index (χ0v) is 13.6. The summed E-state index contributed by atoms with van der Waals surface area (Å²) in [6.45, 7) is 0.406. The summed E-state index contributed by atoms with van der Waals surface area (Å²) in [6, 6.07) is 10.9. The van der Waals surface area contributed by atoms with Gasteiger partial charge in [-0.05, 0) is 42.0 Å². The number of aryl methyl sites for hydroxylation is 1. The molecule has 0 aliphatic carbocycles. The van der Waals surface area contributed by atoms with Gasteiger partial charge in [0.1, 0.15) is 5.75 Å². The topological polar surface area (TPSA) is 69.0 Å². The van der Waals surface area contributed by atoms with Crippen molar-refractivity contribution in [3.05, 3.63) is 66.1 Å². The minimum absolute atomic E-state index is 0.136. The maximum atomic E-state index is 12.2. The van der Waals surface area contributed by atoms with Crippen molar-refractivity contribution in [1.29, 1.82) is 0 Å². The third-order valence-electron chi connectivity index (χ3n) is 3.72. The van der Waals surface area contributed by atoms with Crippen molar-refractivity contribution in [3.63, 3.8) is 0 Å². The van der Waals surface area contributed by atoms with Gasteiger partial charge >= 0.3 is 0 Å². The van der Waals surface area contributed by atoms with Crippen LogP contribution in [0.2, 0.25) is 0 Å². The molecule has 24 heavy (non-hydrogen) atoms. The Labute approximate surface area is 140 Å². The van der Waals surface area contributed by atoms with Gasteiger partial charge in [0.05, 0.1) is 12.8 Å². The van der Waals surface area contributed by atoms with Gasteiger partial charge < -0.3 is 10.1 Å². The summed E-state index contributed by atoms with van der Waals surface area (Å²) in [4.78, 5) is 16.4. The Bertz CT molecular complexity index is 840. The Kier molecular flexibility index (Phi) is 4.56. The molecule has 122 valence electrons. The van der Waals surface area contributed by atoms with Crippen LogP contribution in [0.15, 0.2) is 55.0 Å². The molecule has 6 nitrogen and oxygen atoms in total. The Hall–Kier alpha value is -3.15. The quantitative estimate of drug-likeness (QED) is 0.783. The minimum Gasteiger partial charge on any atom is -0.497 e. The van der Waals surface area contributed by atoms with Crippen LogP contribution < -0.4 is 10.1 Å². The van der Waals surface area contributed by atoms with Gasteiger partial charge in [-0.2, -0.15) is 5.10 Å². The lowest BCUT2D eigenvalue weighted by atomic mass is 10.1. The molecule has 0 saturated carbocycles. The molecule has 1 N–H and O–H groups in total. The van der Waals surface area contributed by atoms with Crippen molar-refractivity contribution >= 4 is 5.91 Å². The summed E-state index contributed by atoms with van der Waals surface area (Å²) in [5.74, 6) is 0.586. The second-order valence-corrected chi connectivity index (χ2v) is 5.33. The molecular formula is C18H18N4O2. The number of aromatic nitrogens is 3. The first-order valence-corrected chi connectivity index (χ1v) is 7.52. The zero-order valence-electron chi connectivity index (χ0n) is 13.6. The van der Waals surface area contributed by atoms with Crippen LogP contribution in [0.5, 0.6) is 5.75 Å². The van der Waals surface area contributed by atoms with Crippen LogP contribution in [0.3, 0.4) is 0 Å². The first kappa shape index (κ1) is 15.7. The molecule has 3 rings (SSSR count). The van der Waals surface area contributed by atoms with Crippen LogP contribution in [0, 0.1) is 0 Å². The third-order valence-corrected chi connectivity index (χ3v) is 3.72. The predicted molar refractivity (Wildman–Crippen MR) is 90.6 cm³/mol. The number of ether oxygens (including phenoxy) is 1. The summed E-state index contributed by atoms with van der Waals surface area (Å²) >= 11 is 0. The number of methoxy groups -OCH3 is 1. The number of nitrogens with one attached hydrogen (secondary N) is 1. The maximum Gasteiger partial charge on any atom is 0.251 e. The smallest absolute Gasteiger partial charge is 0.251 e. The van der Waals surface area contributed by atoms with Crippen molar-refractivity contribution < 1.29 is 9.53 Å².